The third-order valence-corrected chi connectivity index (χ3v) is 9.75. The first-order valence-electron chi connectivity index (χ1n) is 10.7. The van der Waals surface area contributed by atoms with Crippen molar-refractivity contribution in [2.75, 3.05) is 6.61 Å². The van der Waals surface area contributed by atoms with Crippen molar-refractivity contribution in [3.05, 3.63) is 11.1 Å². The lowest BCUT2D eigenvalue weighted by Gasteiger charge is -2.60. The van der Waals surface area contributed by atoms with Crippen molar-refractivity contribution in [3.63, 3.8) is 0 Å². The van der Waals surface area contributed by atoms with Crippen LogP contribution in [-0.2, 0) is 4.79 Å². The topological polar surface area (TPSA) is 57.5 Å². The number of carbonyl (C=O) groups is 1. The van der Waals surface area contributed by atoms with Crippen molar-refractivity contribution in [1.29, 1.82) is 0 Å². The van der Waals surface area contributed by atoms with E-state index in [9.17, 15) is 15.0 Å². The number of hydrogen-bond acceptors (Lipinski definition) is 3. The molecule has 0 spiro atoms. The maximum atomic E-state index is 12.6. The second-order valence-corrected chi connectivity index (χ2v) is 10.4. The van der Waals surface area contributed by atoms with Gasteiger partial charge in [0, 0.05) is 0 Å². The number of ketones is 1. The molecule has 3 heteroatoms. The van der Waals surface area contributed by atoms with Gasteiger partial charge in [0.1, 0.15) is 5.78 Å². The SMILES string of the molecule is CC(=O)[C@@]1(CO)CC[C@H]2[C@@H]3CC(C)=C4CC(O)CC[C@]4(C)[C@H]3CC[C@@]21C. The Labute approximate surface area is 158 Å². The predicted molar refractivity (Wildman–Crippen MR) is 103 cm³/mol. The van der Waals surface area contributed by atoms with E-state index in [2.05, 4.69) is 20.8 Å². The number of Topliss-reactive ketones (excluding diaryl/α,β-unsaturated/α-hetero) is 1. The monoisotopic (exact) mass is 360 g/mol. The lowest BCUT2D eigenvalue weighted by molar-refractivity contribution is -0.145. The van der Waals surface area contributed by atoms with Gasteiger partial charge in [0.05, 0.1) is 18.1 Å². The second-order valence-electron chi connectivity index (χ2n) is 10.4. The summed E-state index contributed by atoms with van der Waals surface area (Å²) in [5.74, 6) is 2.04. The summed E-state index contributed by atoms with van der Waals surface area (Å²) in [5, 5.41) is 20.5. The molecule has 4 rings (SSSR count). The number of aliphatic hydroxyl groups excluding tert-OH is 2. The van der Waals surface area contributed by atoms with Gasteiger partial charge in [-0.25, -0.2) is 0 Å². The molecule has 0 bridgehead atoms. The zero-order chi connectivity index (χ0) is 18.9. The Morgan fingerprint density at radius 3 is 2.42 bits per heavy atom. The van der Waals surface area contributed by atoms with Crippen LogP contribution in [-0.4, -0.2) is 28.7 Å². The van der Waals surface area contributed by atoms with Gasteiger partial charge in [-0.1, -0.05) is 25.0 Å². The molecule has 0 saturated heterocycles. The molecule has 26 heavy (non-hydrogen) atoms. The number of carbonyl (C=O) groups excluding carboxylic acids is 1. The van der Waals surface area contributed by atoms with Gasteiger partial charge in [-0.15, -0.1) is 0 Å². The molecular weight excluding hydrogens is 324 g/mol. The number of rotatable bonds is 2. The van der Waals surface area contributed by atoms with Crippen LogP contribution in [0.25, 0.3) is 0 Å². The normalized spacial score (nSPS) is 50.8. The van der Waals surface area contributed by atoms with E-state index in [4.69, 9.17) is 0 Å². The van der Waals surface area contributed by atoms with Gasteiger partial charge in [-0.3, -0.25) is 4.79 Å². The van der Waals surface area contributed by atoms with Gasteiger partial charge in [-0.05, 0) is 93.8 Å². The quantitative estimate of drug-likeness (QED) is 0.723. The van der Waals surface area contributed by atoms with Crippen molar-refractivity contribution in [2.45, 2.75) is 85.2 Å². The Bertz CT molecular complexity index is 652. The van der Waals surface area contributed by atoms with Crippen LogP contribution in [0.15, 0.2) is 11.1 Å². The standard InChI is InChI=1S/C23H36O3/c1-14-11-17-18(21(3)8-5-16(26)12-20(14)21)6-9-22(4)19(17)7-10-23(22,13-24)15(2)25/h16-19,24,26H,5-13H2,1-4H3/t16?,17-,18+,19+,21-,22+,23+/m1/s1. The second kappa shape index (κ2) is 5.91. The Hall–Kier alpha value is -0.670. The van der Waals surface area contributed by atoms with Crippen molar-refractivity contribution in [2.24, 2.45) is 34.0 Å². The third-order valence-electron chi connectivity index (χ3n) is 9.75. The minimum absolute atomic E-state index is 0.0102. The first kappa shape index (κ1) is 18.7. The molecule has 0 amide bonds. The van der Waals surface area contributed by atoms with Crippen LogP contribution in [0.1, 0.15) is 79.1 Å². The Balaban J connectivity index is 1.74. The van der Waals surface area contributed by atoms with E-state index < -0.39 is 5.41 Å². The van der Waals surface area contributed by atoms with E-state index >= 15 is 0 Å². The number of hydrogen-bond donors (Lipinski definition) is 2. The molecule has 0 radical (unpaired) electrons. The summed E-state index contributed by atoms with van der Waals surface area (Å²) >= 11 is 0. The molecule has 4 aliphatic rings. The van der Waals surface area contributed by atoms with Gasteiger partial charge < -0.3 is 10.2 Å². The maximum Gasteiger partial charge on any atom is 0.138 e. The van der Waals surface area contributed by atoms with Crippen molar-refractivity contribution in [1.82, 2.24) is 0 Å². The number of aliphatic hydroxyl groups is 2. The summed E-state index contributed by atoms with van der Waals surface area (Å²) in [6, 6.07) is 0. The van der Waals surface area contributed by atoms with Gasteiger partial charge in [0.25, 0.3) is 0 Å². The number of allylic oxidation sites excluding steroid dienone is 1. The minimum Gasteiger partial charge on any atom is -0.395 e. The summed E-state index contributed by atoms with van der Waals surface area (Å²) < 4.78 is 0. The minimum atomic E-state index is -0.524. The largest absolute Gasteiger partial charge is 0.395 e. The average molecular weight is 361 g/mol. The van der Waals surface area contributed by atoms with E-state index in [0.717, 1.165) is 51.4 Å². The molecule has 3 fully saturated rings. The van der Waals surface area contributed by atoms with Crippen molar-refractivity contribution in [3.8, 4) is 0 Å². The van der Waals surface area contributed by atoms with Gasteiger partial charge in [-0.2, -0.15) is 0 Å². The highest BCUT2D eigenvalue weighted by Gasteiger charge is 2.65. The first-order chi connectivity index (χ1) is 12.2. The molecule has 1 unspecified atom stereocenters. The summed E-state index contributed by atoms with van der Waals surface area (Å²) in [5.41, 5.74) is 2.69. The van der Waals surface area contributed by atoms with Gasteiger partial charge in [0.2, 0.25) is 0 Å². The summed E-state index contributed by atoms with van der Waals surface area (Å²) in [4.78, 5) is 12.6. The van der Waals surface area contributed by atoms with E-state index in [0.29, 0.717) is 17.8 Å². The van der Waals surface area contributed by atoms with E-state index in [-0.39, 0.29) is 29.3 Å². The predicted octanol–water partition coefficient (Wildman–Crippen LogP) is 4.27. The van der Waals surface area contributed by atoms with Crippen molar-refractivity contribution < 1.29 is 15.0 Å². The number of fused-ring (bicyclic) bond motifs is 5. The fourth-order valence-corrected chi connectivity index (χ4v) is 8.18. The molecule has 146 valence electrons. The lowest BCUT2D eigenvalue weighted by Crippen LogP contribution is -2.55. The van der Waals surface area contributed by atoms with E-state index in [1.807, 2.05) is 0 Å². The molecule has 4 aliphatic carbocycles. The van der Waals surface area contributed by atoms with Crippen LogP contribution in [0.2, 0.25) is 0 Å². The highest BCUT2D eigenvalue weighted by Crippen LogP contribution is 2.70. The average Bonchev–Trinajstić information content (AvgIpc) is 2.90. The Kier molecular flexibility index (Phi) is 4.25. The molecule has 0 aromatic carbocycles. The van der Waals surface area contributed by atoms with Crippen LogP contribution in [0.3, 0.4) is 0 Å². The molecule has 3 nitrogen and oxygen atoms in total. The first-order valence-corrected chi connectivity index (χ1v) is 10.7. The molecule has 0 aromatic heterocycles. The smallest absolute Gasteiger partial charge is 0.138 e. The molecule has 3 saturated carbocycles. The molecule has 0 aromatic rings. The highest BCUT2D eigenvalue weighted by molar-refractivity contribution is 5.84. The Morgan fingerprint density at radius 1 is 1.08 bits per heavy atom. The molecule has 0 aliphatic heterocycles. The third kappa shape index (κ3) is 2.16. The summed E-state index contributed by atoms with van der Waals surface area (Å²) in [6.07, 6.45) is 8.01. The van der Waals surface area contributed by atoms with Crippen molar-refractivity contribution >= 4 is 5.78 Å². The summed E-state index contributed by atoms with van der Waals surface area (Å²) in [6.45, 7) is 8.75. The molecular formula is C23H36O3. The molecule has 7 atom stereocenters. The van der Waals surface area contributed by atoms with Crippen LogP contribution in [0, 0.1) is 34.0 Å². The molecule has 0 heterocycles. The summed E-state index contributed by atoms with van der Waals surface area (Å²) in [7, 11) is 0. The van der Waals surface area contributed by atoms with Crippen LogP contribution in [0.5, 0.6) is 0 Å². The van der Waals surface area contributed by atoms with Gasteiger partial charge >= 0.3 is 0 Å². The van der Waals surface area contributed by atoms with Gasteiger partial charge in [0.15, 0.2) is 0 Å². The zero-order valence-corrected chi connectivity index (χ0v) is 17.0. The fourth-order valence-electron chi connectivity index (χ4n) is 8.18. The van der Waals surface area contributed by atoms with E-state index in [1.165, 1.54) is 5.57 Å². The van der Waals surface area contributed by atoms with Crippen LogP contribution < -0.4 is 0 Å². The maximum absolute atomic E-state index is 12.6. The fraction of sp³-hybridized carbons (Fsp3) is 0.870. The van der Waals surface area contributed by atoms with E-state index in [1.54, 1.807) is 12.5 Å². The zero-order valence-electron chi connectivity index (χ0n) is 17.0. The molecule has 2 N–H and O–H groups in total. The Morgan fingerprint density at radius 2 is 1.77 bits per heavy atom. The van der Waals surface area contributed by atoms with Crippen LogP contribution >= 0.6 is 0 Å². The highest BCUT2D eigenvalue weighted by atomic mass is 16.3. The van der Waals surface area contributed by atoms with Crippen LogP contribution in [0.4, 0.5) is 0 Å². The lowest BCUT2D eigenvalue weighted by atomic mass is 9.44.